The maximum absolute atomic E-state index is 11.9. The molecule has 0 unspecified atom stereocenters. The zero-order valence-electron chi connectivity index (χ0n) is 13.2. The predicted octanol–water partition coefficient (Wildman–Crippen LogP) is 3.81. The van der Waals surface area contributed by atoms with Gasteiger partial charge in [0.25, 0.3) is 0 Å². The first-order valence-corrected chi connectivity index (χ1v) is 7.31. The second kappa shape index (κ2) is 6.98. The molecule has 0 saturated heterocycles. The molecule has 4 heteroatoms. The number of hydrogen-bond donors (Lipinski definition) is 2. The number of anilines is 1. The van der Waals surface area contributed by atoms with Crippen LogP contribution in [0, 0.1) is 0 Å². The van der Waals surface area contributed by atoms with E-state index in [9.17, 15) is 4.79 Å². The van der Waals surface area contributed by atoms with E-state index in [2.05, 4.69) is 10.6 Å². The van der Waals surface area contributed by atoms with E-state index < -0.39 is 0 Å². The molecule has 1 amide bonds. The van der Waals surface area contributed by atoms with E-state index in [0.29, 0.717) is 5.75 Å². The van der Waals surface area contributed by atoms with E-state index in [0.717, 1.165) is 11.4 Å². The van der Waals surface area contributed by atoms with Gasteiger partial charge in [-0.25, -0.2) is 0 Å². The Morgan fingerprint density at radius 3 is 2.32 bits per heavy atom. The van der Waals surface area contributed by atoms with Crippen LogP contribution < -0.4 is 15.4 Å². The van der Waals surface area contributed by atoms with Crippen LogP contribution >= 0.6 is 0 Å². The van der Waals surface area contributed by atoms with Crippen LogP contribution in [0.2, 0.25) is 0 Å². The summed E-state index contributed by atoms with van der Waals surface area (Å²) in [6, 6.07) is 17.1. The lowest BCUT2D eigenvalue weighted by Crippen LogP contribution is -2.43. The molecule has 0 aliphatic rings. The largest absolute Gasteiger partial charge is 0.455 e. The molecule has 2 aromatic carbocycles. The first kappa shape index (κ1) is 15.9. The molecular formula is C18H22N2O2. The number of rotatable bonds is 5. The number of hydrogen-bond acceptors (Lipinski definition) is 3. The minimum atomic E-state index is -0.237. The Morgan fingerprint density at radius 1 is 1.00 bits per heavy atom. The van der Waals surface area contributed by atoms with Gasteiger partial charge in [0.2, 0.25) is 5.91 Å². The quantitative estimate of drug-likeness (QED) is 0.882. The Labute approximate surface area is 131 Å². The summed E-state index contributed by atoms with van der Waals surface area (Å²) in [5.41, 5.74) is 0.550. The Bertz CT molecular complexity index is 618. The molecule has 0 fully saturated rings. The highest BCUT2D eigenvalue weighted by molar-refractivity contribution is 5.81. The van der Waals surface area contributed by atoms with Gasteiger partial charge >= 0.3 is 0 Å². The molecule has 0 saturated carbocycles. The summed E-state index contributed by atoms with van der Waals surface area (Å²) in [5, 5.41) is 6.04. The molecule has 0 radical (unpaired) electrons. The van der Waals surface area contributed by atoms with Crippen molar-refractivity contribution >= 4 is 11.6 Å². The van der Waals surface area contributed by atoms with Gasteiger partial charge in [0.15, 0.2) is 5.75 Å². The zero-order chi connectivity index (χ0) is 16.0. The molecule has 2 N–H and O–H groups in total. The molecule has 22 heavy (non-hydrogen) atoms. The summed E-state index contributed by atoms with van der Waals surface area (Å²) in [5.74, 6) is 1.40. The van der Waals surface area contributed by atoms with Crippen molar-refractivity contribution in [1.82, 2.24) is 5.32 Å². The van der Waals surface area contributed by atoms with Crippen LogP contribution in [0.15, 0.2) is 54.6 Å². The lowest BCUT2D eigenvalue weighted by Gasteiger charge is -2.21. The summed E-state index contributed by atoms with van der Waals surface area (Å²) in [6.07, 6.45) is 0. The van der Waals surface area contributed by atoms with Crippen molar-refractivity contribution in [2.45, 2.75) is 26.3 Å². The van der Waals surface area contributed by atoms with Crippen LogP contribution in [0.1, 0.15) is 20.8 Å². The van der Waals surface area contributed by atoms with E-state index in [1.165, 1.54) is 0 Å². The molecule has 0 aromatic heterocycles. The lowest BCUT2D eigenvalue weighted by molar-refractivity contribution is -0.120. The van der Waals surface area contributed by atoms with Crippen LogP contribution in [0.4, 0.5) is 5.69 Å². The first-order chi connectivity index (χ1) is 10.4. The fourth-order valence-corrected chi connectivity index (χ4v) is 1.96. The van der Waals surface area contributed by atoms with E-state index >= 15 is 0 Å². The Kier molecular flexibility index (Phi) is 5.04. The lowest BCUT2D eigenvalue weighted by atomic mass is 10.1. The summed E-state index contributed by atoms with van der Waals surface area (Å²) < 4.78 is 5.85. The van der Waals surface area contributed by atoms with E-state index in [-0.39, 0.29) is 18.0 Å². The maximum Gasteiger partial charge on any atom is 0.239 e. The highest BCUT2D eigenvalue weighted by Crippen LogP contribution is 2.28. The van der Waals surface area contributed by atoms with Gasteiger partial charge in [-0.05, 0) is 45.0 Å². The highest BCUT2D eigenvalue weighted by Gasteiger charge is 2.13. The third-order valence-corrected chi connectivity index (χ3v) is 2.81. The first-order valence-electron chi connectivity index (χ1n) is 7.31. The average molecular weight is 298 g/mol. The average Bonchev–Trinajstić information content (AvgIpc) is 2.46. The molecule has 2 rings (SSSR count). The van der Waals surface area contributed by atoms with Gasteiger partial charge in [0.1, 0.15) is 5.75 Å². The van der Waals surface area contributed by atoms with Crippen LogP contribution in [0.25, 0.3) is 0 Å². The minimum absolute atomic E-state index is 0.0537. The van der Waals surface area contributed by atoms with E-state index in [1.54, 1.807) is 0 Å². The number of amides is 1. The standard InChI is InChI=1S/C18H22N2O2/c1-18(2,3)20-17(21)13-19-15-11-7-8-12-16(15)22-14-9-5-4-6-10-14/h4-12,19H,13H2,1-3H3,(H,20,21). The Morgan fingerprint density at radius 2 is 1.64 bits per heavy atom. The fourth-order valence-electron chi connectivity index (χ4n) is 1.96. The maximum atomic E-state index is 11.9. The molecule has 0 aliphatic carbocycles. The predicted molar refractivity (Wildman–Crippen MR) is 89.3 cm³/mol. The smallest absolute Gasteiger partial charge is 0.239 e. The third-order valence-electron chi connectivity index (χ3n) is 2.81. The normalized spacial score (nSPS) is 10.9. The number of ether oxygens (including phenoxy) is 1. The SMILES string of the molecule is CC(C)(C)NC(=O)CNc1ccccc1Oc1ccccc1. The number of carbonyl (C=O) groups excluding carboxylic acids is 1. The molecule has 0 heterocycles. The molecule has 4 nitrogen and oxygen atoms in total. The van der Waals surface area contributed by atoms with Gasteiger partial charge in [-0.2, -0.15) is 0 Å². The summed E-state index contributed by atoms with van der Waals surface area (Å²) in [7, 11) is 0. The van der Waals surface area contributed by atoms with Crippen molar-refractivity contribution < 1.29 is 9.53 Å². The number of carbonyl (C=O) groups is 1. The van der Waals surface area contributed by atoms with Crippen molar-refractivity contribution in [3.05, 3.63) is 54.6 Å². The Hall–Kier alpha value is -2.49. The Balaban J connectivity index is 2.01. The van der Waals surface area contributed by atoms with Crippen LogP contribution in [-0.4, -0.2) is 18.0 Å². The number of para-hydroxylation sites is 3. The second-order valence-electron chi connectivity index (χ2n) is 6.06. The molecule has 0 atom stereocenters. The van der Waals surface area contributed by atoms with E-state index in [4.69, 9.17) is 4.74 Å². The number of nitrogens with one attached hydrogen (secondary N) is 2. The van der Waals surface area contributed by atoms with Gasteiger partial charge in [-0.1, -0.05) is 30.3 Å². The van der Waals surface area contributed by atoms with Crippen LogP contribution in [0.3, 0.4) is 0 Å². The van der Waals surface area contributed by atoms with Gasteiger partial charge in [0.05, 0.1) is 12.2 Å². The van der Waals surface area contributed by atoms with Gasteiger partial charge in [-0.15, -0.1) is 0 Å². The third kappa shape index (κ3) is 5.13. The van der Waals surface area contributed by atoms with Crippen molar-refractivity contribution in [1.29, 1.82) is 0 Å². The summed E-state index contributed by atoms with van der Waals surface area (Å²) in [6.45, 7) is 6.07. The van der Waals surface area contributed by atoms with Crippen molar-refractivity contribution in [3.8, 4) is 11.5 Å². The molecular weight excluding hydrogens is 276 g/mol. The zero-order valence-corrected chi connectivity index (χ0v) is 13.2. The molecule has 0 aliphatic heterocycles. The molecule has 0 bridgehead atoms. The van der Waals surface area contributed by atoms with Crippen molar-refractivity contribution in [3.63, 3.8) is 0 Å². The van der Waals surface area contributed by atoms with Crippen molar-refractivity contribution in [2.75, 3.05) is 11.9 Å². The second-order valence-corrected chi connectivity index (χ2v) is 6.06. The summed E-state index contributed by atoms with van der Waals surface area (Å²) in [4.78, 5) is 11.9. The van der Waals surface area contributed by atoms with Gasteiger partial charge in [0, 0.05) is 5.54 Å². The van der Waals surface area contributed by atoms with Gasteiger partial charge in [-0.3, -0.25) is 4.79 Å². The summed E-state index contributed by atoms with van der Waals surface area (Å²) >= 11 is 0. The highest BCUT2D eigenvalue weighted by atomic mass is 16.5. The minimum Gasteiger partial charge on any atom is -0.455 e. The molecule has 0 spiro atoms. The molecule has 116 valence electrons. The van der Waals surface area contributed by atoms with E-state index in [1.807, 2.05) is 75.4 Å². The van der Waals surface area contributed by atoms with Crippen LogP contribution in [0.5, 0.6) is 11.5 Å². The van der Waals surface area contributed by atoms with Crippen molar-refractivity contribution in [2.24, 2.45) is 0 Å². The fraction of sp³-hybridized carbons (Fsp3) is 0.278. The van der Waals surface area contributed by atoms with Crippen LogP contribution in [-0.2, 0) is 4.79 Å². The topological polar surface area (TPSA) is 50.4 Å². The number of benzene rings is 2. The molecule has 2 aromatic rings. The monoisotopic (exact) mass is 298 g/mol. The van der Waals surface area contributed by atoms with Gasteiger partial charge < -0.3 is 15.4 Å².